The van der Waals surface area contributed by atoms with Crippen LogP contribution >= 0.6 is 15.9 Å². The summed E-state index contributed by atoms with van der Waals surface area (Å²) in [4.78, 5) is 0. The van der Waals surface area contributed by atoms with E-state index >= 15 is 0 Å². The molecule has 1 aromatic rings. The van der Waals surface area contributed by atoms with Gasteiger partial charge in [-0.25, -0.2) is 0 Å². The second-order valence-corrected chi connectivity index (χ2v) is 4.15. The highest BCUT2D eigenvalue weighted by Gasteiger charge is 2.02. The van der Waals surface area contributed by atoms with Gasteiger partial charge in [0.15, 0.2) is 0 Å². The Balaban J connectivity index is 2.87. The molecule has 1 aromatic carbocycles. The maximum Gasteiger partial charge on any atom is 0.00344 e. The van der Waals surface area contributed by atoms with Gasteiger partial charge in [0.05, 0.1) is 0 Å². The zero-order chi connectivity index (χ0) is 9.68. The van der Waals surface area contributed by atoms with Crippen molar-refractivity contribution in [3.8, 4) is 0 Å². The van der Waals surface area contributed by atoms with E-state index in [9.17, 15) is 0 Å². The van der Waals surface area contributed by atoms with Crippen molar-refractivity contribution in [3.63, 3.8) is 0 Å². The molecule has 1 heteroatoms. The average molecular weight is 241 g/mol. The van der Waals surface area contributed by atoms with Gasteiger partial charge in [0.25, 0.3) is 0 Å². The first-order valence-corrected chi connectivity index (χ1v) is 6.05. The fourth-order valence-electron chi connectivity index (χ4n) is 1.70. The minimum absolute atomic E-state index is 1.10. The summed E-state index contributed by atoms with van der Waals surface area (Å²) in [6, 6.07) is 6.62. The lowest BCUT2D eigenvalue weighted by atomic mass is 9.97. The van der Waals surface area contributed by atoms with Crippen LogP contribution in [0, 0.1) is 6.92 Å². The van der Waals surface area contributed by atoms with E-state index in [1.807, 2.05) is 0 Å². The zero-order valence-corrected chi connectivity index (χ0v) is 10.0. The third kappa shape index (κ3) is 2.84. The molecular formula is C12H17Br. The molecule has 0 saturated heterocycles. The van der Waals surface area contributed by atoms with Crippen LogP contribution in [-0.4, -0.2) is 5.33 Å². The number of hydrogen-bond acceptors (Lipinski definition) is 0. The minimum atomic E-state index is 1.10. The molecule has 0 saturated carbocycles. The third-order valence-electron chi connectivity index (χ3n) is 2.45. The molecule has 0 atom stereocenters. The second kappa shape index (κ2) is 5.43. The fourth-order valence-corrected chi connectivity index (χ4v) is 1.98. The number of halogens is 1. The topological polar surface area (TPSA) is 0 Å². The first kappa shape index (κ1) is 10.8. The Labute approximate surface area is 89.5 Å². The quantitative estimate of drug-likeness (QED) is 0.701. The lowest BCUT2D eigenvalue weighted by Crippen LogP contribution is -1.96. The summed E-state index contributed by atoms with van der Waals surface area (Å²) in [7, 11) is 0. The predicted molar refractivity (Wildman–Crippen MR) is 62.7 cm³/mol. The van der Waals surface area contributed by atoms with Crippen molar-refractivity contribution in [2.75, 3.05) is 5.33 Å². The molecule has 0 aliphatic rings. The van der Waals surface area contributed by atoms with Gasteiger partial charge in [0.1, 0.15) is 0 Å². The molecular weight excluding hydrogens is 224 g/mol. The first-order chi connectivity index (χ1) is 6.29. The van der Waals surface area contributed by atoms with Crippen LogP contribution in [0.2, 0.25) is 0 Å². The highest BCUT2D eigenvalue weighted by Crippen LogP contribution is 2.17. The van der Waals surface area contributed by atoms with Crippen LogP contribution in [0.15, 0.2) is 18.2 Å². The van der Waals surface area contributed by atoms with Crippen LogP contribution in [0.1, 0.15) is 30.0 Å². The molecule has 13 heavy (non-hydrogen) atoms. The van der Waals surface area contributed by atoms with E-state index in [-0.39, 0.29) is 0 Å². The number of benzene rings is 1. The Morgan fingerprint density at radius 2 is 2.08 bits per heavy atom. The van der Waals surface area contributed by atoms with E-state index in [0.29, 0.717) is 0 Å². The molecule has 0 spiro atoms. The molecule has 0 bridgehead atoms. The molecule has 0 aliphatic heterocycles. The van der Waals surface area contributed by atoms with E-state index < -0.39 is 0 Å². The van der Waals surface area contributed by atoms with E-state index in [4.69, 9.17) is 0 Å². The Morgan fingerprint density at radius 3 is 2.69 bits per heavy atom. The number of rotatable bonds is 4. The van der Waals surface area contributed by atoms with Crippen LogP contribution in [-0.2, 0) is 12.8 Å². The van der Waals surface area contributed by atoms with Gasteiger partial charge in [-0.2, -0.15) is 0 Å². The van der Waals surface area contributed by atoms with Crippen LogP contribution < -0.4 is 0 Å². The van der Waals surface area contributed by atoms with Gasteiger partial charge in [-0.05, 0) is 42.9 Å². The third-order valence-corrected chi connectivity index (χ3v) is 3.01. The van der Waals surface area contributed by atoms with Gasteiger partial charge in [0, 0.05) is 5.33 Å². The van der Waals surface area contributed by atoms with Crippen LogP contribution in [0.4, 0.5) is 0 Å². The SMILES string of the molecule is CCc1cccc(C)c1CCCBr. The molecule has 0 radical (unpaired) electrons. The van der Waals surface area contributed by atoms with Crippen LogP contribution in [0.3, 0.4) is 0 Å². The summed E-state index contributed by atoms with van der Waals surface area (Å²) >= 11 is 3.48. The second-order valence-electron chi connectivity index (χ2n) is 3.36. The predicted octanol–water partition coefficient (Wildman–Crippen LogP) is 3.88. The molecule has 72 valence electrons. The van der Waals surface area contributed by atoms with E-state index in [0.717, 1.165) is 11.8 Å². The molecule has 0 N–H and O–H groups in total. The van der Waals surface area contributed by atoms with Gasteiger partial charge in [0.2, 0.25) is 0 Å². The smallest absolute Gasteiger partial charge is 0.00344 e. The fraction of sp³-hybridized carbons (Fsp3) is 0.500. The van der Waals surface area contributed by atoms with Gasteiger partial charge in [-0.3, -0.25) is 0 Å². The summed E-state index contributed by atoms with van der Waals surface area (Å²) < 4.78 is 0. The Kier molecular flexibility index (Phi) is 4.51. The van der Waals surface area contributed by atoms with Gasteiger partial charge in [-0.15, -0.1) is 0 Å². The first-order valence-electron chi connectivity index (χ1n) is 4.93. The van der Waals surface area contributed by atoms with Crippen molar-refractivity contribution in [2.45, 2.75) is 33.1 Å². The molecule has 0 aromatic heterocycles. The van der Waals surface area contributed by atoms with Crippen molar-refractivity contribution >= 4 is 15.9 Å². The minimum Gasteiger partial charge on any atom is -0.0928 e. The van der Waals surface area contributed by atoms with E-state index in [1.165, 1.54) is 24.0 Å². The molecule has 0 unspecified atom stereocenters. The maximum atomic E-state index is 3.48. The van der Waals surface area contributed by atoms with Crippen LogP contribution in [0.5, 0.6) is 0 Å². The summed E-state index contributed by atoms with van der Waals surface area (Å²) in [5.74, 6) is 0. The number of aryl methyl sites for hydroxylation is 2. The van der Waals surface area contributed by atoms with Crippen molar-refractivity contribution in [2.24, 2.45) is 0 Å². The Morgan fingerprint density at radius 1 is 1.31 bits per heavy atom. The van der Waals surface area contributed by atoms with Crippen molar-refractivity contribution in [3.05, 3.63) is 34.9 Å². The van der Waals surface area contributed by atoms with Gasteiger partial charge >= 0.3 is 0 Å². The van der Waals surface area contributed by atoms with Crippen molar-refractivity contribution in [1.29, 1.82) is 0 Å². The van der Waals surface area contributed by atoms with Gasteiger partial charge in [-0.1, -0.05) is 41.1 Å². The monoisotopic (exact) mass is 240 g/mol. The lowest BCUT2D eigenvalue weighted by Gasteiger charge is -2.10. The summed E-state index contributed by atoms with van der Waals surface area (Å²) in [6.07, 6.45) is 3.60. The summed E-state index contributed by atoms with van der Waals surface area (Å²) in [6.45, 7) is 4.44. The normalized spacial score (nSPS) is 10.4. The maximum absolute atomic E-state index is 3.48. The molecule has 0 fully saturated rings. The summed E-state index contributed by atoms with van der Waals surface area (Å²) in [5, 5.41) is 1.10. The molecule has 1 rings (SSSR count). The largest absolute Gasteiger partial charge is 0.0928 e. The van der Waals surface area contributed by atoms with Gasteiger partial charge < -0.3 is 0 Å². The molecule has 0 amide bonds. The molecule has 0 aliphatic carbocycles. The number of alkyl halides is 1. The summed E-state index contributed by atoms with van der Waals surface area (Å²) in [5.41, 5.74) is 4.52. The highest BCUT2D eigenvalue weighted by molar-refractivity contribution is 9.09. The van der Waals surface area contributed by atoms with E-state index in [1.54, 1.807) is 5.56 Å². The number of hydrogen-bond donors (Lipinski definition) is 0. The average Bonchev–Trinajstić information content (AvgIpc) is 2.15. The highest BCUT2D eigenvalue weighted by atomic mass is 79.9. The van der Waals surface area contributed by atoms with Crippen molar-refractivity contribution in [1.82, 2.24) is 0 Å². The lowest BCUT2D eigenvalue weighted by molar-refractivity contribution is 0.903. The van der Waals surface area contributed by atoms with Crippen molar-refractivity contribution < 1.29 is 0 Å². The Hall–Kier alpha value is -0.300. The zero-order valence-electron chi connectivity index (χ0n) is 8.44. The molecule has 0 heterocycles. The van der Waals surface area contributed by atoms with Crippen LogP contribution in [0.25, 0.3) is 0 Å². The standard InChI is InChI=1S/C12H17Br/c1-3-11-7-4-6-10(2)12(11)8-5-9-13/h4,6-7H,3,5,8-9H2,1-2H3. The van der Waals surface area contributed by atoms with E-state index in [2.05, 4.69) is 48.0 Å². The molecule has 0 nitrogen and oxygen atoms in total. The Bertz CT molecular complexity index is 266.